The molecule has 2 heterocycles. The molecule has 4 nitrogen and oxygen atoms in total. The van der Waals surface area contributed by atoms with Crippen molar-refractivity contribution < 1.29 is 17.6 Å². The minimum Gasteiger partial charge on any atom is -0.468 e. The Morgan fingerprint density at radius 3 is 2.59 bits per heavy atom. The molecule has 0 bridgehead atoms. The predicted octanol–water partition coefficient (Wildman–Crippen LogP) is 6.00. The van der Waals surface area contributed by atoms with E-state index in [1.54, 1.807) is 16.9 Å². The van der Waals surface area contributed by atoms with Gasteiger partial charge in [-0.2, -0.15) is 13.2 Å². The molecule has 4 aromatic rings. The summed E-state index contributed by atoms with van der Waals surface area (Å²) < 4.78 is 46.8. The molecule has 0 unspecified atom stereocenters. The molecule has 1 N–H and O–H groups in total. The number of hydrogen-bond donors (Lipinski definition) is 1. The molecule has 1 atom stereocenters. The Labute approximate surface area is 195 Å². The zero-order valence-corrected chi connectivity index (χ0v) is 18.8. The summed E-state index contributed by atoms with van der Waals surface area (Å²) in [4.78, 5) is 13.5. The van der Waals surface area contributed by atoms with Gasteiger partial charge in [0.15, 0.2) is 0 Å². The van der Waals surface area contributed by atoms with E-state index >= 15 is 0 Å². The van der Waals surface area contributed by atoms with Gasteiger partial charge in [0.1, 0.15) is 5.76 Å². The summed E-state index contributed by atoms with van der Waals surface area (Å²) >= 11 is 0. The number of pyridine rings is 1. The van der Waals surface area contributed by atoms with Crippen LogP contribution < -0.4 is 10.9 Å². The van der Waals surface area contributed by atoms with Crippen LogP contribution >= 0.6 is 0 Å². The molecule has 0 saturated heterocycles. The number of nitrogens with zero attached hydrogens (tertiary/aromatic N) is 1. The maximum Gasteiger partial charge on any atom is 0.416 e. The average Bonchev–Trinajstić information content (AvgIpc) is 3.50. The van der Waals surface area contributed by atoms with Crippen molar-refractivity contribution in [3.05, 3.63) is 105 Å². The first-order chi connectivity index (χ1) is 16.3. The van der Waals surface area contributed by atoms with Crippen LogP contribution in [-0.2, 0) is 32.1 Å². The number of furan rings is 1. The van der Waals surface area contributed by atoms with Crippen LogP contribution in [-0.4, -0.2) is 4.57 Å². The Morgan fingerprint density at radius 2 is 1.85 bits per heavy atom. The van der Waals surface area contributed by atoms with E-state index in [0.29, 0.717) is 17.7 Å². The van der Waals surface area contributed by atoms with Gasteiger partial charge in [-0.1, -0.05) is 12.1 Å². The third kappa shape index (κ3) is 4.40. The van der Waals surface area contributed by atoms with Crippen molar-refractivity contribution in [3.63, 3.8) is 0 Å². The van der Waals surface area contributed by atoms with Gasteiger partial charge in [-0.15, -0.1) is 0 Å². The summed E-state index contributed by atoms with van der Waals surface area (Å²) in [5, 5.41) is 4.25. The Balaban J connectivity index is 1.56. The summed E-state index contributed by atoms with van der Waals surface area (Å²) in [5.41, 5.74) is 3.33. The maximum absolute atomic E-state index is 13.5. The number of nitrogens with one attached hydrogen (secondary N) is 1. The summed E-state index contributed by atoms with van der Waals surface area (Å²) in [5.74, 6) is 0.767. The summed E-state index contributed by atoms with van der Waals surface area (Å²) in [6.45, 7) is 2.34. The molecule has 0 saturated carbocycles. The minimum absolute atomic E-state index is 0.0691. The van der Waals surface area contributed by atoms with Gasteiger partial charge in [0.25, 0.3) is 5.56 Å². The first-order valence-electron chi connectivity index (χ1n) is 11.4. The smallest absolute Gasteiger partial charge is 0.416 e. The Kier molecular flexibility index (Phi) is 5.81. The highest BCUT2D eigenvalue weighted by molar-refractivity contribution is 5.82. The second-order valence-electron chi connectivity index (χ2n) is 8.91. The molecule has 176 valence electrons. The number of hydrogen-bond acceptors (Lipinski definition) is 3. The highest BCUT2D eigenvalue weighted by atomic mass is 19.4. The molecular weight excluding hydrogens is 441 g/mol. The van der Waals surface area contributed by atoms with Crippen molar-refractivity contribution in [2.75, 3.05) is 0 Å². The molecule has 1 aliphatic carbocycles. The van der Waals surface area contributed by atoms with E-state index in [-0.39, 0.29) is 18.1 Å². The summed E-state index contributed by atoms with van der Waals surface area (Å²) in [6.07, 6.45) is 0.191. The normalized spacial score (nSPS) is 14.5. The average molecular weight is 467 g/mol. The van der Waals surface area contributed by atoms with E-state index in [0.717, 1.165) is 48.1 Å². The fraction of sp³-hybridized carbons (Fsp3) is 0.296. The molecule has 2 aromatic heterocycles. The van der Waals surface area contributed by atoms with E-state index in [1.807, 2.05) is 31.2 Å². The molecule has 0 spiro atoms. The van der Waals surface area contributed by atoms with Crippen molar-refractivity contribution in [2.45, 2.75) is 51.5 Å². The highest BCUT2D eigenvalue weighted by Gasteiger charge is 2.30. The van der Waals surface area contributed by atoms with Gasteiger partial charge in [-0.05, 0) is 90.7 Å². The second-order valence-corrected chi connectivity index (χ2v) is 8.91. The van der Waals surface area contributed by atoms with Gasteiger partial charge in [0.2, 0.25) is 0 Å². The number of rotatable bonds is 6. The first-order valence-corrected chi connectivity index (χ1v) is 11.4. The molecule has 0 fully saturated rings. The minimum atomic E-state index is -4.43. The predicted molar refractivity (Wildman–Crippen MR) is 125 cm³/mol. The third-order valence-electron chi connectivity index (χ3n) is 6.55. The fourth-order valence-electron chi connectivity index (χ4n) is 4.73. The summed E-state index contributed by atoms with van der Waals surface area (Å²) in [7, 11) is 0. The quantitative estimate of drug-likeness (QED) is 0.379. The highest BCUT2D eigenvalue weighted by Crippen LogP contribution is 2.31. The van der Waals surface area contributed by atoms with Crippen LogP contribution in [0.5, 0.6) is 0 Å². The molecule has 0 amide bonds. The zero-order chi connectivity index (χ0) is 23.9. The zero-order valence-electron chi connectivity index (χ0n) is 18.8. The molecule has 0 aliphatic heterocycles. The number of halogens is 3. The molecule has 34 heavy (non-hydrogen) atoms. The lowest BCUT2D eigenvalue weighted by molar-refractivity contribution is -0.137. The standard InChI is InChI=1S/C27H25F3N2O2/c1-17(25-9-4-10-34-25)31-15-22-13-21-12-19-6-3-7-20(19)14-24(21)32(26(22)33)16-18-5-2-8-23(11-18)27(28,29)30/h2,4-5,8-14,17,31H,3,6-7,15-16H2,1H3/t17-/m0/s1. The van der Waals surface area contributed by atoms with E-state index < -0.39 is 11.7 Å². The van der Waals surface area contributed by atoms with Gasteiger partial charge in [-0.3, -0.25) is 4.79 Å². The van der Waals surface area contributed by atoms with E-state index in [4.69, 9.17) is 4.42 Å². The SMILES string of the molecule is C[C@H](NCc1cc2cc3c(cc2n(Cc2cccc(C(F)(F)F)c2)c1=O)CCC3)c1ccco1. The number of benzene rings is 2. The summed E-state index contributed by atoms with van der Waals surface area (Å²) in [6, 6.07) is 14.8. The van der Waals surface area contributed by atoms with Gasteiger partial charge in [0.05, 0.1) is 29.9 Å². The Bertz CT molecular complexity index is 1390. The third-order valence-corrected chi connectivity index (χ3v) is 6.55. The van der Waals surface area contributed by atoms with Crippen LogP contribution in [0.1, 0.15) is 53.0 Å². The Hall–Kier alpha value is -3.32. The van der Waals surface area contributed by atoms with Gasteiger partial charge in [-0.25, -0.2) is 0 Å². The van der Waals surface area contributed by atoms with Crippen molar-refractivity contribution in [1.82, 2.24) is 9.88 Å². The van der Waals surface area contributed by atoms with Gasteiger partial charge < -0.3 is 14.3 Å². The molecule has 7 heteroatoms. The fourth-order valence-corrected chi connectivity index (χ4v) is 4.73. The molecule has 2 aromatic carbocycles. The van der Waals surface area contributed by atoms with Crippen LogP contribution in [0.2, 0.25) is 0 Å². The number of aryl methyl sites for hydroxylation is 2. The lowest BCUT2D eigenvalue weighted by Crippen LogP contribution is -2.29. The van der Waals surface area contributed by atoms with Crippen molar-refractivity contribution in [1.29, 1.82) is 0 Å². The van der Waals surface area contributed by atoms with Crippen LogP contribution in [0.25, 0.3) is 10.9 Å². The van der Waals surface area contributed by atoms with Gasteiger partial charge in [0, 0.05) is 12.1 Å². The van der Waals surface area contributed by atoms with Crippen molar-refractivity contribution in [3.8, 4) is 0 Å². The lowest BCUT2D eigenvalue weighted by Gasteiger charge is -2.17. The second kappa shape index (κ2) is 8.80. The maximum atomic E-state index is 13.5. The molecule has 5 rings (SSSR count). The monoisotopic (exact) mass is 466 g/mol. The first kappa shape index (κ1) is 22.5. The van der Waals surface area contributed by atoms with Crippen LogP contribution in [0.3, 0.4) is 0 Å². The van der Waals surface area contributed by atoms with Crippen molar-refractivity contribution in [2.24, 2.45) is 0 Å². The van der Waals surface area contributed by atoms with Crippen molar-refractivity contribution >= 4 is 10.9 Å². The topological polar surface area (TPSA) is 47.2 Å². The van der Waals surface area contributed by atoms with E-state index in [2.05, 4.69) is 11.4 Å². The van der Waals surface area contributed by atoms with Gasteiger partial charge >= 0.3 is 6.18 Å². The number of fused-ring (bicyclic) bond motifs is 2. The molecular formula is C27H25F3N2O2. The molecule has 0 radical (unpaired) electrons. The van der Waals surface area contributed by atoms with E-state index in [1.165, 1.54) is 17.2 Å². The van der Waals surface area contributed by atoms with Crippen LogP contribution in [0, 0.1) is 0 Å². The van der Waals surface area contributed by atoms with E-state index in [9.17, 15) is 18.0 Å². The number of aromatic nitrogens is 1. The lowest BCUT2D eigenvalue weighted by atomic mass is 10.0. The van der Waals surface area contributed by atoms with Crippen LogP contribution in [0.15, 0.2) is 70.1 Å². The van der Waals surface area contributed by atoms with Crippen LogP contribution in [0.4, 0.5) is 13.2 Å². The Morgan fingerprint density at radius 1 is 1.06 bits per heavy atom. The largest absolute Gasteiger partial charge is 0.468 e. The molecule has 1 aliphatic rings. The number of alkyl halides is 3.